The van der Waals surface area contributed by atoms with Crippen LogP contribution >= 0.6 is 0 Å². The lowest BCUT2D eigenvalue weighted by atomic mass is 9.80. The van der Waals surface area contributed by atoms with E-state index in [4.69, 9.17) is 0 Å². The van der Waals surface area contributed by atoms with Crippen LogP contribution in [0.4, 0.5) is 4.39 Å². The van der Waals surface area contributed by atoms with Gasteiger partial charge in [0.15, 0.2) is 0 Å². The molecule has 2 atom stereocenters. The molecular formula is C15H22FN. The normalized spacial score (nSPS) is 24.8. The lowest BCUT2D eigenvalue weighted by Crippen LogP contribution is -2.37. The van der Waals surface area contributed by atoms with E-state index < -0.39 is 0 Å². The van der Waals surface area contributed by atoms with Crippen LogP contribution in [0.5, 0.6) is 0 Å². The molecular weight excluding hydrogens is 213 g/mol. The maximum atomic E-state index is 13.3. The van der Waals surface area contributed by atoms with Crippen molar-refractivity contribution in [3.8, 4) is 0 Å². The van der Waals surface area contributed by atoms with Gasteiger partial charge in [-0.2, -0.15) is 0 Å². The third-order valence-electron chi connectivity index (χ3n) is 3.70. The SMILES string of the molecule is CCCNC1CCCCC1c1cccc(F)c1. The number of benzene rings is 1. The predicted molar refractivity (Wildman–Crippen MR) is 69.7 cm³/mol. The van der Waals surface area contributed by atoms with E-state index >= 15 is 0 Å². The standard InChI is InChI=1S/C15H22FN/c1-2-10-17-15-9-4-3-8-14(15)12-6-5-7-13(16)11-12/h5-7,11,14-15,17H,2-4,8-10H2,1H3. The Morgan fingerprint density at radius 3 is 2.88 bits per heavy atom. The second-order valence-corrected chi connectivity index (χ2v) is 5.01. The Kier molecular flexibility index (Phi) is 4.55. The Bertz CT molecular complexity index is 351. The molecule has 2 rings (SSSR count). The van der Waals surface area contributed by atoms with Crippen LogP contribution in [0, 0.1) is 5.82 Å². The lowest BCUT2D eigenvalue weighted by molar-refractivity contribution is 0.327. The molecule has 0 bridgehead atoms. The zero-order valence-corrected chi connectivity index (χ0v) is 10.6. The van der Waals surface area contributed by atoms with E-state index in [9.17, 15) is 4.39 Å². The first-order valence-electron chi connectivity index (χ1n) is 6.80. The highest BCUT2D eigenvalue weighted by molar-refractivity contribution is 5.23. The van der Waals surface area contributed by atoms with Gasteiger partial charge >= 0.3 is 0 Å². The molecule has 0 heterocycles. The predicted octanol–water partition coefficient (Wildman–Crippen LogP) is 3.85. The third-order valence-corrected chi connectivity index (χ3v) is 3.70. The number of nitrogens with one attached hydrogen (secondary N) is 1. The largest absolute Gasteiger partial charge is 0.313 e. The highest BCUT2D eigenvalue weighted by Gasteiger charge is 2.25. The van der Waals surface area contributed by atoms with Crippen LogP contribution in [0.25, 0.3) is 0 Å². The Labute approximate surface area is 103 Å². The second-order valence-electron chi connectivity index (χ2n) is 5.01. The maximum absolute atomic E-state index is 13.3. The molecule has 1 saturated carbocycles. The van der Waals surface area contributed by atoms with Crippen molar-refractivity contribution in [2.75, 3.05) is 6.54 Å². The van der Waals surface area contributed by atoms with Gasteiger partial charge in [-0.1, -0.05) is 31.9 Å². The number of rotatable bonds is 4. The smallest absolute Gasteiger partial charge is 0.123 e. The molecule has 0 aliphatic heterocycles. The summed E-state index contributed by atoms with van der Waals surface area (Å²) in [5, 5.41) is 3.62. The van der Waals surface area contributed by atoms with Gasteiger partial charge in [0, 0.05) is 6.04 Å². The Morgan fingerprint density at radius 2 is 2.12 bits per heavy atom. The van der Waals surface area contributed by atoms with Crippen LogP contribution in [0.2, 0.25) is 0 Å². The van der Waals surface area contributed by atoms with Crippen molar-refractivity contribution in [3.63, 3.8) is 0 Å². The van der Waals surface area contributed by atoms with Crippen LogP contribution in [-0.4, -0.2) is 12.6 Å². The summed E-state index contributed by atoms with van der Waals surface area (Å²) in [6.07, 6.45) is 6.14. The average Bonchev–Trinajstić information content (AvgIpc) is 2.37. The highest BCUT2D eigenvalue weighted by Crippen LogP contribution is 2.33. The molecule has 94 valence electrons. The fourth-order valence-corrected chi connectivity index (χ4v) is 2.84. The minimum atomic E-state index is -0.109. The van der Waals surface area contributed by atoms with Crippen LogP contribution < -0.4 is 5.32 Å². The molecule has 1 aromatic carbocycles. The lowest BCUT2D eigenvalue weighted by Gasteiger charge is -2.32. The van der Waals surface area contributed by atoms with Crippen molar-refractivity contribution in [2.24, 2.45) is 0 Å². The fraction of sp³-hybridized carbons (Fsp3) is 0.600. The first-order chi connectivity index (χ1) is 8.31. The van der Waals surface area contributed by atoms with E-state index in [1.54, 1.807) is 6.07 Å². The number of hydrogen-bond acceptors (Lipinski definition) is 1. The fourth-order valence-electron chi connectivity index (χ4n) is 2.84. The molecule has 0 radical (unpaired) electrons. The maximum Gasteiger partial charge on any atom is 0.123 e. The quantitative estimate of drug-likeness (QED) is 0.835. The Morgan fingerprint density at radius 1 is 1.29 bits per heavy atom. The van der Waals surface area contributed by atoms with Crippen LogP contribution in [-0.2, 0) is 0 Å². The summed E-state index contributed by atoms with van der Waals surface area (Å²) in [5.74, 6) is 0.383. The van der Waals surface area contributed by atoms with Crippen molar-refractivity contribution in [2.45, 2.75) is 51.0 Å². The van der Waals surface area contributed by atoms with Crippen LogP contribution in [0.1, 0.15) is 50.5 Å². The van der Waals surface area contributed by atoms with E-state index in [-0.39, 0.29) is 5.82 Å². The molecule has 1 aliphatic rings. The van der Waals surface area contributed by atoms with Crippen molar-refractivity contribution in [1.82, 2.24) is 5.32 Å². The van der Waals surface area contributed by atoms with Crippen molar-refractivity contribution in [3.05, 3.63) is 35.6 Å². The van der Waals surface area contributed by atoms with Gasteiger partial charge in [-0.05, 0) is 49.4 Å². The first-order valence-corrected chi connectivity index (χ1v) is 6.80. The van der Waals surface area contributed by atoms with Crippen molar-refractivity contribution < 1.29 is 4.39 Å². The van der Waals surface area contributed by atoms with Gasteiger partial charge in [0.25, 0.3) is 0 Å². The molecule has 0 amide bonds. The van der Waals surface area contributed by atoms with E-state index in [2.05, 4.69) is 18.3 Å². The summed E-state index contributed by atoms with van der Waals surface area (Å²) in [4.78, 5) is 0. The zero-order chi connectivity index (χ0) is 12.1. The molecule has 1 nitrogen and oxygen atoms in total. The second kappa shape index (κ2) is 6.15. The monoisotopic (exact) mass is 235 g/mol. The van der Waals surface area contributed by atoms with Gasteiger partial charge in [-0.15, -0.1) is 0 Å². The topological polar surface area (TPSA) is 12.0 Å². The molecule has 1 fully saturated rings. The highest BCUT2D eigenvalue weighted by atomic mass is 19.1. The zero-order valence-electron chi connectivity index (χ0n) is 10.6. The summed E-state index contributed by atoms with van der Waals surface area (Å²) in [6, 6.07) is 7.67. The number of hydrogen-bond donors (Lipinski definition) is 1. The Hall–Kier alpha value is -0.890. The van der Waals surface area contributed by atoms with Crippen molar-refractivity contribution >= 4 is 0 Å². The summed E-state index contributed by atoms with van der Waals surface area (Å²) >= 11 is 0. The summed E-state index contributed by atoms with van der Waals surface area (Å²) in [5.41, 5.74) is 1.17. The van der Waals surface area contributed by atoms with Gasteiger partial charge < -0.3 is 5.32 Å². The van der Waals surface area contributed by atoms with Gasteiger partial charge in [-0.3, -0.25) is 0 Å². The Balaban J connectivity index is 2.10. The molecule has 1 N–H and O–H groups in total. The van der Waals surface area contributed by atoms with E-state index in [1.165, 1.54) is 37.3 Å². The van der Waals surface area contributed by atoms with E-state index in [0.29, 0.717) is 12.0 Å². The molecule has 0 aromatic heterocycles. The van der Waals surface area contributed by atoms with E-state index in [1.807, 2.05) is 6.07 Å². The van der Waals surface area contributed by atoms with E-state index in [0.717, 1.165) is 13.0 Å². The molecule has 0 saturated heterocycles. The average molecular weight is 235 g/mol. The minimum Gasteiger partial charge on any atom is -0.313 e. The summed E-state index contributed by atoms with van der Waals surface area (Å²) in [7, 11) is 0. The van der Waals surface area contributed by atoms with Gasteiger partial charge in [0.1, 0.15) is 5.82 Å². The van der Waals surface area contributed by atoms with Crippen LogP contribution in [0.3, 0.4) is 0 Å². The molecule has 0 spiro atoms. The summed E-state index contributed by atoms with van der Waals surface area (Å²) in [6.45, 7) is 3.25. The molecule has 2 unspecified atom stereocenters. The summed E-state index contributed by atoms with van der Waals surface area (Å²) < 4.78 is 13.3. The number of halogens is 1. The van der Waals surface area contributed by atoms with Crippen molar-refractivity contribution in [1.29, 1.82) is 0 Å². The first kappa shape index (κ1) is 12.6. The van der Waals surface area contributed by atoms with Gasteiger partial charge in [0.05, 0.1) is 0 Å². The van der Waals surface area contributed by atoms with Crippen LogP contribution in [0.15, 0.2) is 24.3 Å². The van der Waals surface area contributed by atoms with Gasteiger partial charge in [-0.25, -0.2) is 4.39 Å². The molecule has 1 aromatic rings. The molecule has 1 aliphatic carbocycles. The molecule has 2 heteroatoms. The minimum absolute atomic E-state index is 0.109. The van der Waals surface area contributed by atoms with Gasteiger partial charge in [0.2, 0.25) is 0 Å². The third kappa shape index (κ3) is 3.29. The molecule has 17 heavy (non-hydrogen) atoms.